The van der Waals surface area contributed by atoms with E-state index in [0.717, 1.165) is 30.9 Å². The molecule has 1 saturated heterocycles. The van der Waals surface area contributed by atoms with Gasteiger partial charge in [-0.2, -0.15) is 0 Å². The van der Waals surface area contributed by atoms with E-state index in [0.29, 0.717) is 5.41 Å². The van der Waals surface area contributed by atoms with E-state index in [2.05, 4.69) is 24.2 Å². The molecule has 2 unspecified atom stereocenters. The van der Waals surface area contributed by atoms with Crippen molar-refractivity contribution in [3.05, 3.63) is 29.8 Å². The highest BCUT2D eigenvalue weighted by molar-refractivity contribution is 5.85. The van der Waals surface area contributed by atoms with E-state index in [9.17, 15) is 5.11 Å². The summed E-state index contributed by atoms with van der Waals surface area (Å²) in [6.07, 6.45) is 1.19. The Bertz CT molecular complexity index is 419. The lowest BCUT2D eigenvalue weighted by Gasteiger charge is -2.34. The van der Waals surface area contributed by atoms with Gasteiger partial charge < -0.3 is 15.2 Å². The molecule has 4 nitrogen and oxygen atoms in total. The van der Waals surface area contributed by atoms with Crippen LogP contribution in [0.15, 0.2) is 24.3 Å². The molecule has 1 aromatic rings. The van der Waals surface area contributed by atoms with Gasteiger partial charge in [0, 0.05) is 13.1 Å². The minimum Gasteiger partial charge on any atom is -0.497 e. The minimum absolute atomic E-state index is 0. The molecule has 1 fully saturated rings. The van der Waals surface area contributed by atoms with E-state index in [1.165, 1.54) is 6.42 Å². The number of rotatable bonds is 6. The Morgan fingerprint density at radius 3 is 2.52 bits per heavy atom. The first-order valence-corrected chi connectivity index (χ1v) is 7.24. The van der Waals surface area contributed by atoms with Gasteiger partial charge in [0.05, 0.1) is 19.8 Å². The van der Waals surface area contributed by atoms with Crippen LogP contribution in [0.3, 0.4) is 0 Å². The van der Waals surface area contributed by atoms with Crippen molar-refractivity contribution in [2.75, 3.05) is 40.4 Å². The topological polar surface area (TPSA) is 44.7 Å². The van der Waals surface area contributed by atoms with E-state index in [1.807, 2.05) is 24.3 Å². The fourth-order valence-corrected chi connectivity index (χ4v) is 3.04. The molecule has 2 atom stereocenters. The zero-order chi connectivity index (χ0) is 14.6. The number of hydrogen-bond donors (Lipinski definition) is 2. The van der Waals surface area contributed by atoms with Crippen molar-refractivity contribution in [1.82, 2.24) is 10.2 Å². The summed E-state index contributed by atoms with van der Waals surface area (Å²) in [5.74, 6) is 0.847. The van der Waals surface area contributed by atoms with Crippen molar-refractivity contribution in [2.24, 2.45) is 5.41 Å². The lowest BCUT2D eigenvalue weighted by Crippen LogP contribution is -2.38. The molecule has 0 bridgehead atoms. The standard InChI is InChI=1S/C16H26N2O2.ClH/c1-16(8-9-17-11-16)12-18(2)15(10-19)13-4-6-14(20-3)7-5-13;/h4-7,15,17,19H,8-12H2,1-3H3;1H. The second-order valence-corrected chi connectivity index (χ2v) is 6.12. The van der Waals surface area contributed by atoms with Gasteiger partial charge in [-0.1, -0.05) is 19.1 Å². The van der Waals surface area contributed by atoms with Crippen molar-refractivity contribution >= 4 is 12.4 Å². The summed E-state index contributed by atoms with van der Waals surface area (Å²) < 4.78 is 5.18. The maximum Gasteiger partial charge on any atom is 0.118 e. The first kappa shape index (κ1) is 18.2. The normalized spacial score (nSPS) is 22.9. The Balaban J connectivity index is 0.00000220. The largest absolute Gasteiger partial charge is 0.497 e. The predicted octanol–water partition coefficient (Wildman–Crippen LogP) is 2.08. The van der Waals surface area contributed by atoms with E-state index in [1.54, 1.807) is 7.11 Å². The van der Waals surface area contributed by atoms with Gasteiger partial charge in [0.15, 0.2) is 0 Å². The van der Waals surface area contributed by atoms with Crippen LogP contribution >= 0.6 is 12.4 Å². The molecule has 2 N–H and O–H groups in total. The molecule has 0 aromatic heterocycles. The molecule has 21 heavy (non-hydrogen) atoms. The van der Waals surface area contributed by atoms with Crippen molar-refractivity contribution in [1.29, 1.82) is 0 Å². The molecule has 120 valence electrons. The second-order valence-electron chi connectivity index (χ2n) is 6.12. The number of methoxy groups -OCH3 is 1. The summed E-state index contributed by atoms with van der Waals surface area (Å²) in [6, 6.07) is 8.00. The van der Waals surface area contributed by atoms with Crippen LogP contribution in [0.5, 0.6) is 5.75 Å². The number of benzene rings is 1. The number of aliphatic hydroxyl groups is 1. The lowest BCUT2D eigenvalue weighted by atomic mass is 9.88. The summed E-state index contributed by atoms with van der Waals surface area (Å²) >= 11 is 0. The maximum atomic E-state index is 9.75. The molecule has 0 radical (unpaired) electrons. The Morgan fingerprint density at radius 1 is 1.38 bits per heavy atom. The molecule has 0 saturated carbocycles. The van der Waals surface area contributed by atoms with Crippen LogP contribution in [0.2, 0.25) is 0 Å². The molecular weight excluding hydrogens is 288 g/mol. The van der Waals surface area contributed by atoms with Crippen LogP contribution in [-0.4, -0.2) is 50.4 Å². The number of halogens is 1. The van der Waals surface area contributed by atoms with Gasteiger partial charge in [0.25, 0.3) is 0 Å². The summed E-state index contributed by atoms with van der Waals surface area (Å²) in [7, 11) is 3.76. The highest BCUT2D eigenvalue weighted by Gasteiger charge is 2.31. The summed E-state index contributed by atoms with van der Waals surface area (Å²) in [5.41, 5.74) is 1.43. The lowest BCUT2D eigenvalue weighted by molar-refractivity contribution is 0.108. The van der Waals surface area contributed by atoms with Gasteiger partial charge in [-0.05, 0) is 43.1 Å². The molecule has 1 aromatic carbocycles. The summed E-state index contributed by atoms with van der Waals surface area (Å²) in [4.78, 5) is 2.26. The van der Waals surface area contributed by atoms with Gasteiger partial charge in [-0.25, -0.2) is 0 Å². The van der Waals surface area contributed by atoms with Crippen LogP contribution in [0, 0.1) is 5.41 Å². The number of aliphatic hydroxyl groups excluding tert-OH is 1. The average Bonchev–Trinajstić information content (AvgIpc) is 2.86. The fraction of sp³-hybridized carbons (Fsp3) is 0.625. The first-order valence-electron chi connectivity index (χ1n) is 7.24. The third kappa shape index (κ3) is 4.58. The molecule has 0 aliphatic carbocycles. The van der Waals surface area contributed by atoms with Crippen molar-refractivity contribution in [2.45, 2.75) is 19.4 Å². The van der Waals surface area contributed by atoms with Crippen LogP contribution in [0.4, 0.5) is 0 Å². The van der Waals surface area contributed by atoms with Crippen LogP contribution in [0.25, 0.3) is 0 Å². The van der Waals surface area contributed by atoms with Gasteiger partial charge in [-0.15, -0.1) is 12.4 Å². The minimum atomic E-state index is 0. The smallest absolute Gasteiger partial charge is 0.118 e. The van der Waals surface area contributed by atoms with Crippen LogP contribution in [0.1, 0.15) is 24.9 Å². The van der Waals surface area contributed by atoms with Gasteiger partial charge in [0.1, 0.15) is 5.75 Å². The molecule has 1 aliphatic heterocycles. The molecule has 1 heterocycles. The molecular formula is C16H27ClN2O2. The molecule has 0 amide bonds. The monoisotopic (exact) mass is 314 g/mol. The average molecular weight is 315 g/mol. The highest BCUT2D eigenvalue weighted by atomic mass is 35.5. The molecule has 2 rings (SSSR count). The van der Waals surface area contributed by atoms with Crippen molar-refractivity contribution in [3.8, 4) is 5.75 Å². The Kier molecular flexibility index (Phi) is 6.94. The summed E-state index contributed by atoms with van der Waals surface area (Å²) in [5, 5.41) is 13.2. The van der Waals surface area contributed by atoms with E-state index < -0.39 is 0 Å². The second kappa shape index (κ2) is 7.99. The van der Waals surface area contributed by atoms with E-state index in [4.69, 9.17) is 4.74 Å². The zero-order valence-electron chi connectivity index (χ0n) is 13.1. The third-order valence-corrected chi connectivity index (χ3v) is 4.29. The van der Waals surface area contributed by atoms with Crippen molar-refractivity contribution < 1.29 is 9.84 Å². The highest BCUT2D eigenvalue weighted by Crippen LogP contribution is 2.29. The van der Waals surface area contributed by atoms with Crippen LogP contribution < -0.4 is 10.1 Å². The van der Waals surface area contributed by atoms with E-state index >= 15 is 0 Å². The van der Waals surface area contributed by atoms with Crippen LogP contribution in [-0.2, 0) is 0 Å². The third-order valence-electron chi connectivity index (χ3n) is 4.29. The van der Waals surface area contributed by atoms with E-state index in [-0.39, 0.29) is 25.1 Å². The Labute approximate surface area is 133 Å². The Morgan fingerprint density at radius 2 is 2.05 bits per heavy atom. The number of nitrogens with one attached hydrogen (secondary N) is 1. The van der Waals surface area contributed by atoms with Crippen molar-refractivity contribution in [3.63, 3.8) is 0 Å². The zero-order valence-corrected chi connectivity index (χ0v) is 13.9. The van der Waals surface area contributed by atoms with Gasteiger partial charge >= 0.3 is 0 Å². The maximum absolute atomic E-state index is 9.75. The molecule has 0 spiro atoms. The number of nitrogens with zero attached hydrogens (tertiary/aromatic N) is 1. The summed E-state index contributed by atoms with van der Waals surface area (Å²) in [6.45, 7) is 5.57. The molecule has 5 heteroatoms. The fourth-order valence-electron chi connectivity index (χ4n) is 3.04. The number of ether oxygens (including phenoxy) is 1. The number of likely N-dealkylation sites (N-methyl/N-ethyl adjacent to an activating group) is 1. The SMILES string of the molecule is COc1ccc(C(CO)N(C)CC2(C)CCNC2)cc1.Cl. The van der Waals surface area contributed by atoms with Gasteiger partial charge in [0.2, 0.25) is 0 Å². The first-order chi connectivity index (χ1) is 9.58. The number of hydrogen-bond acceptors (Lipinski definition) is 4. The Hall–Kier alpha value is -0.810. The quantitative estimate of drug-likeness (QED) is 0.844. The molecule has 1 aliphatic rings. The van der Waals surface area contributed by atoms with Gasteiger partial charge in [-0.3, -0.25) is 4.90 Å². The predicted molar refractivity (Wildman–Crippen MR) is 88.3 cm³/mol.